The van der Waals surface area contributed by atoms with E-state index in [2.05, 4.69) is 27.0 Å². The summed E-state index contributed by atoms with van der Waals surface area (Å²) in [7, 11) is 0. The molecule has 0 aliphatic carbocycles. The van der Waals surface area contributed by atoms with Gasteiger partial charge in [-0.25, -0.2) is 0 Å². The molecule has 1 aromatic heterocycles. The molecule has 0 radical (unpaired) electrons. The first-order chi connectivity index (χ1) is 4.41. The van der Waals surface area contributed by atoms with E-state index in [9.17, 15) is 0 Å². The summed E-state index contributed by atoms with van der Waals surface area (Å²) in [6.45, 7) is 3.19. The fourth-order valence-electron chi connectivity index (χ4n) is 0.313. The van der Waals surface area contributed by atoms with Gasteiger partial charge in [0, 0.05) is 12.4 Å². The molecule has 0 fully saturated rings. The third kappa shape index (κ3) is 7.38. The van der Waals surface area contributed by atoms with Crippen LogP contribution in [0.25, 0.3) is 0 Å². The number of aromatic nitrogens is 1. The first kappa shape index (κ1) is 8.38. The minimum Gasteiger partial charge on any atom is -0.265 e. The van der Waals surface area contributed by atoms with Crippen molar-refractivity contribution >= 4 is 0 Å². The Kier molecular flexibility index (Phi) is 6.88. The van der Waals surface area contributed by atoms with Crippen LogP contribution < -0.4 is 0 Å². The quantitative estimate of drug-likeness (QED) is 0.533. The summed E-state index contributed by atoms with van der Waals surface area (Å²) in [4.78, 5) is 3.78. The molecule has 1 heterocycles. The molecule has 51 valence electrons. The van der Waals surface area contributed by atoms with Crippen molar-refractivity contribution in [2.75, 3.05) is 0 Å². The van der Waals surface area contributed by atoms with Crippen molar-refractivity contribution in [3.05, 3.63) is 42.2 Å². The van der Waals surface area contributed by atoms with Gasteiger partial charge < -0.3 is 0 Å². The average molecular weight is 165 g/mol. The van der Waals surface area contributed by atoms with Gasteiger partial charge in [-0.2, -0.15) is 0 Å². The number of nitrogens with zero attached hydrogens (tertiary/aromatic N) is 1. The molecule has 1 rings (SSSR count). The van der Waals surface area contributed by atoms with Crippen LogP contribution in [0.15, 0.2) is 42.2 Å². The number of hydrogen-bond acceptors (Lipinski definition) is 1. The fourth-order valence-corrected chi connectivity index (χ4v) is 0.313. The molecule has 0 aliphatic rings. The van der Waals surface area contributed by atoms with E-state index >= 15 is 0 Å². The summed E-state index contributed by atoms with van der Waals surface area (Å²) in [5, 5.41) is 1.38. The Balaban J connectivity index is 0.000000187. The third-order valence-electron chi connectivity index (χ3n) is 0.566. The van der Waals surface area contributed by atoms with E-state index in [4.69, 9.17) is 0 Å². The smallest absolute Gasteiger partial charge is 0.0267 e. The van der Waals surface area contributed by atoms with Crippen LogP contribution in [0.2, 0.25) is 0 Å². The zero-order valence-electron chi connectivity index (χ0n) is 4.93. The molecule has 0 spiro atoms. The largest absolute Gasteiger partial charge is 0.265 e. The van der Waals surface area contributed by atoms with Crippen molar-refractivity contribution in [1.29, 1.82) is 0 Å². The van der Waals surface area contributed by atoms with Gasteiger partial charge in [0.2, 0.25) is 0 Å². The van der Waals surface area contributed by atoms with Crippen LogP contribution >= 0.6 is 0 Å². The number of rotatable bonds is 0. The maximum Gasteiger partial charge on any atom is 0.0267 e. The standard InChI is InChI=1S/C5H5N.C2H3.Ni/c1-2-4-6-5-3-1;1-2;/h1-5H;1H,2H2;. The van der Waals surface area contributed by atoms with Crippen LogP contribution in [0, 0.1) is 0 Å². The van der Waals surface area contributed by atoms with Crippen molar-refractivity contribution in [2.45, 2.75) is 0 Å². The van der Waals surface area contributed by atoms with Crippen LogP contribution in [0.3, 0.4) is 0 Å². The Morgan fingerprint density at radius 2 is 1.67 bits per heavy atom. The van der Waals surface area contributed by atoms with Crippen LogP contribution in [0.5, 0.6) is 0 Å². The molecule has 0 amide bonds. The van der Waals surface area contributed by atoms with Crippen LogP contribution in [0.4, 0.5) is 0 Å². The Labute approximate surface area is 63.2 Å². The van der Waals surface area contributed by atoms with Gasteiger partial charge in [-0.1, -0.05) is 6.07 Å². The van der Waals surface area contributed by atoms with Crippen molar-refractivity contribution in [3.63, 3.8) is 0 Å². The molecule has 0 bridgehead atoms. The van der Waals surface area contributed by atoms with Crippen molar-refractivity contribution in [1.82, 2.24) is 4.98 Å². The zero-order chi connectivity index (χ0) is 6.95. The minimum atomic E-state index is 1.38. The van der Waals surface area contributed by atoms with Gasteiger partial charge in [-0.05, 0) is 12.1 Å². The molecular formula is C7H8NNi. The molecule has 0 unspecified atom stereocenters. The molecule has 0 aliphatic heterocycles. The predicted octanol–water partition coefficient (Wildman–Crippen LogP) is 1.76. The van der Waals surface area contributed by atoms with Gasteiger partial charge in [0.05, 0.1) is 0 Å². The van der Waals surface area contributed by atoms with Crippen molar-refractivity contribution < 1.29 is 15.5 Å². The zero-order valence-corrected chi connectivity index (χ0v) is 5.92. The second kappa shape index (κ2) is 7.38. The first-order valence-corrected chi connectivity index (χ1v) is 3.01. The second-order valence-corrected chi connectivity index (χ2v) is 1.56. The molecule has 0 aromatic carbocycles. The number of hydrogen-bond donors (Lipinski definition) is 0. The van der Waals surface area contributed by atoms with Crippen LogP contribution in [0.1, 0.15) is 0 Å². The summed E-state index contributed by atoms with van der Waals surface area (Å²) in [6.07, 6.45) is 3.50. The maximum atomic E-state index is 3.93. The fraction of sp³-hybridized carbons (Fsp3) is 0. The summed E-state index contributed by atoms with van der Waals surface area (Å²) < 4.78 is 0. The molecular weight excluding hydrogens is 157 g/mol. The van der Waals surface area contributed by atoms with Gasteiger partial charge in [0.1, 0.15) is 0 Å². The Morgan fingerprint density at radius 1 is 1.22 bits per heavy atom. The molecule has 0 saturated heterocycles. The Bertz CT molecular complexity index is 112. The average Bonchev–Trinajstić information content (AvgIpc) is 1.93. The monoisotopic (exact) mass is 164 g/mol. The van der Waals surface area contributed by atoms with E-state index in [1.54, 1.807) is 12.4 Å². The normalized spacial score (nSPS) is 6.89. The molecule has 9 heavy (non-hydrogen) atoms. The number of pyridine rings is 1. The molecule has 1 aromatic rings. The molecule has 2 heteroatoms. The van der Waals surface area contributed by atoms with Crippen LogP contribution in [-0.2, 0) is 15.5 Å². The Hall–Kier alpha value is -0.616. The first-order valence-electron chi connectivity index (χ1n) is 2.44. The minimum absolute atomic E-state index is 1.38. The summed E-state index contributed by atoms with van der Waals surface area (Å²) in [5.41, 5.74) is 0. The molecule has 0 N–H and O–H groups in total. The third-order valence-corrected chi connectivity index (χ3v) is 0.566. The maximum absolute atomic E-state index is 3.93. The van der Waals surface area contributed by atoms with Gasteiger partial charge in [-0.3, -0.25) is 4.98 Å². The Morgan fingerprint density at radius 3 is 1.78 bits per heavy atom. The summed E-state index contributed by atoms with van der Waals surface area (Å²) in [6, 6.07) is 5.72. The predicted molar refractivity (Wildman–Crippen MR) is 34.4 cm³/mol. The van der Waals surface area contributed by atoms with Gasteiger partial charge in [0.15, 0.2) is 0 Å². The van der Waals surface area contributed by atoms with Crippen molar-refractivity contribution in [3.8, 4) is 0 Å². The molecule has 0 saturated carbocycles. The van der Waals surface area contributed by atoms with E-state index in [1.807, 2.05) is 18.2 Å². The van der Waals surface area contributed by atoms with Crippen molar-refractivity contribution in [2.24, 2.45) is 0 Å². The van der Waals surface area contributed by atoms with Crippen LogP contribution in [-0.4, -0.2) is 4.98 Å². The summed E-state index contributed by atoms with van der Waals surface area (Å²) in [5.74, 6) is 0. The van der Waals surface area contributed by atoms with Gasteiger partial charge in [-0.15, -0.1) is 0 Å². The second-order valence-electron chi connectivity index (χ2n) is 1.15. The van der Waals surface area contributed by atoms with E-state index < -0.39 is 0 Å². The van der Waals surface area contributed by atoms with E-state index in [-0.39, 0.29) is 0 Å². The van der Waals surface area contributed by atoms with E-state index in [0.29, 0.717) is 0 Å². The van der Waals surface area contributed by atoms with Gasteiger partial charge >= 0.3 is 27.1 Å². The molecule has 0 atom stereocenters. The van der Waals surface area contributed by atoms with E-state index in [0.717, 1.165) is 0 Å². The summed E-state index contributed by atoms with van der Waals surface area (Å²) >= 11 is 3.93. The topological polar surface area (TPSA) is 12.9 Å². The SMILES string of the molecule is C=[CH][Ni].c1ccncc1. The van der Waals surface area contributed by atoms with E-state index in [1.165, 1.54) is 5.05 Å². The molecule has 1 nitrogen and oxygen atoms in total. The van der Waals surface area contributed by atoms with Gasteiger partial charge in [0.25, 0.3) is 0 Å².